The van der Waals surface area contributed by atoms with Crippen LogP contribution in [0, 0.1) is 6.92 Å². The Hall–Kier alpha value is -3.22. The lowest BCUT2D eigenvalue weighted by atomic mass is 10.2. The topological polar surface area (TPSA) is 90.1 Å². The lowest BCUT2D eigenvalue weighted by Gasteiger charge is -2.08. The van der Waals surface area contributed by atoms with Crippen LogP contribution in [0.1, 0.15) is 35.8 Å². The van der Waals surface area contributed by atoms with Crippen LogP contribution in [-0.4, -0.2) is 21.0 Å². The van der Waals surface area contributed by atoms with E-state index in [1.807, 2.05) is 42.5 Å². The molecule has 0 bridgehead atoms. The molecule has 0 fully saturated rings. The van der Waals surface area contributed by atoms with Gasteiger partial charge in [0.15, 0.2) is 5.82 Å². The van der Waals surface area contributed by atoms with Crippen molar-refractivity contribution in [2.24, 2.45) is 0 Å². The average Bonchev–Trinajstić information content (AvgIpc) is 3.11. The largest absolute Gasteiger partial charge is 0.487 e. The highest BCUT2D eigenvalue weighted by molar-refractivity contribution is 5.75. The minimum atomic E-state index is 0.00159. The maximum absolute atomic E-state index is 11.9. The number of aromatic nitrogens is 3. The van der Waals surface area contributed by atoms with Crippen molar-refractivity contribution in [2.75, 3.05) is 0 Å². The van der Waals surface area contributed by atoms with Gasteiger partial charge in [0.2, 0.25) is 11.8 Å². The molecule has 0 saturated carbocycles. The highest BCUT2D eigenvalue weighted by Crippen LogP contribution is 2.13. The van der Waals surface area contributed by atoms with Crippen LogP contribution < -0.4 is 10.1 Å². The van der Waals surface area contributed by atoms with Crippen LogP contribution in [-0.2, 0) is 24.4 Å². The molecule has 0 unspecified atom stereocenters. The molecular formula is C20H22N4O3. The second-order valence-corrected chi connectivity index (χ2v) is 6.12. The summed E-state index contributed by atoms with van der Waals surface area (Å²) in [5.41, 5.74) is 1.89. The minimum absolute atomic E-state index is 0.00159. The summed E-state index contributed by atoms with van der Waals surface area (Å²) in [5, 5.41) is 6.64. The molecule has 0 radical (unpaired) electrons. The molecule has 0 saturated heterocycles. The lowest BCUT2D eigenvalue weighted by molar-refractivity contribution is -0.121. The van der Waals surface area contributed by atoms with Gasteiger partial charge in [0.05, 0.1) is 5.69 Å². The fourth-order valence-corrected chi connectivity index (χ4v) is 2.48. The van der Waals surface area contributed by atoms with Crippen LogP contribution in [0.5, 0.6) is 5.75 Å². The van der Waals surface area contributed by atoms with E-state index in [2.05, 4.69) is 20.4 Å². The van der Waals surface area contributed by atoms with Crippen LogP contribution in [0.25, 0.3) is 0 Å². The maximum Gasteiger partial charge on any atom is 0.226 e. The average molecular weight is 366 g/mol. The number of carbonyl (C=O) groups is 1. The van der Waals surface area contributed by atoms with Crippen molar-refractivity contribution in [1.82, 2.24) is 20.4 Å². The first kappa shape index (κ1) is 18.6. The molecule has 140 valence electrons. The van der Waals surface area contributed by atoms with Crippen LogP contribution in [0.2, 0.25) is 0 Å². The molecule has 0 atom stereocenters. The number of nitrogens with zero attached hydrogens (tertiary/aromatic N) is 3. The van der Waals surface area contributed by atoms with Crippen molar-refractivity contribution >= 4 is 5.91 Å². The van der Waals surface area contributed by atoms with Crippen LogP contribution in [0.4, 0.5) is 0 Å². The van der Waals surface area contributed by atoms with Gasteiger partial charge in [-0.3, -0.25) is 9.78 Å². The number of pyridine rings is 1. The lowest BCUT2D eigenvalue weighted by Crippen LogP contribution is -2.22. The molecule has 1 aromatic carbocycles. The van der Waals surface area contributed by atoms with Crippen LogP contribution >= 0.6 is 0 Å². The van der Waals surface area contributed by atoms with Gasteiger partial charge in [-0.1, -0.05) is 23.4 Å². The monoisotopic (exact) mass is 366 g/mol. The second kappa shape index (κ2) is 9.47. The number of hydrogen-bond donors (Lipinski definition) is 1. The number of ether oxygens (including phenoxy) is 1. The Bertz CT molecular complexity index is 847. The molecular weight excluding hydrogens is 344 g/mol. The Kier molecular flexibility index (Phi) is 6.51. The first-order valence-corrected chi connectivity index (χ1v) is 8.86. The van der Waals surface area contributed by atoms with Gasteiger partial charge >= 0.3 is 0 Å². The smallest absolute Gasteiger partial charge is 0.226 e. The minimum Gasteiger partial charge on any atom is -0.487 e. The SMILES string of the molecule is Cc1noc(CCCC(=O)NCc2ccc(OCc3ccccn3)cc2)n1. The first-order valence-electron chi connectivity index (χ1n) is 8.86. The highest BCUT2D eigenvalue weighted by atomic mass is 16.5. The second-order valence-electron chi connectivity index (χ2n) is 6.12. The van der Waals surface area contributed by atoms with Gasteiger partial charge in [-0.25, -0.2) is 0 Å². The third-order valence-corrected chi connectivity index (χ3v) is 3.89. The third-order valence-electron chi connectivity index (χ3n) is 3.89. The van der Waals surface area contributed by atoms with E-state index >= 15 is 0 Å². The predicted octanol–water partition coefficient (Wildman–Crippen LogP) is 2.99. The van der Waals surface area contributed by atoms with Gasteiger partial charge in [0.25, 0.3) is 0 Å². The number of nitrogens with one attached hydrogen (secondary N) is 1. The Labute approximate surface area is 157 Å². The maximum atomic E-state index is 11.9. The number of hydrogen-bond acceptors (Lipinski definition) is 6. The molecule has 0 aliphatic rings. The van der Waals surface area contributed by atoms with Crippen molar-refractivity contribution in [2.45, 2.75) is 39.3 Å². The molecule has 0 spiro atoms. The van der Waals surface area contributed by atoms with E-state index in [0.29, 0.717) is 44.1 Å². The summed E-state index contributed by atoms with van der Waals surface area (Å²) in [4.78, 5) is 20.3. The Morgan fingerprint density at radius 1 is 1.19 bits per heavy atom. The van der Waals surface area contributed by atoms with Crippen LogP contribution in [0.15, 0.2) is 53.2 Å². The molecule has 7 nitrogen and oxygen atoms in total. The van der Waals surface area contributed by atoms with Crippen molar-refractivity contribution < 1.29 is 14.1 Å². The molecule has 0 aliphatic heterocycles. The number of benzene rings is 1. The zero-order valence-corrected chi connectivity index (χ0v) is 15.2. The first-order chi connectivity index (χ1) is 13.2. The number of rotatable bonds is 9. The Morgan fingerprint density at radius 3 is 2.74 bits per heavy atom. The zero-order valence-electron chi connectivity index (χ0n) is 15.2. The van der Waals surface area contributed by atoms with Gasteiger partial charge in [-0.15, -0.1) is 0 Å². The molecule has 2 aromatic heterocycles. The van der Waals surface area contributed by atoms with Gasteiger partial charge in [-0.2, -0.15) is 4.98 Å². The fraction of sp³-hybridized carbons (Fsp3) is 0.300. The van der Waals surface area contributed by atoms with Gasteiger partial charge in [0, 0.05) is 25.6 Å². The van der Waals surface area contributed by atoms with Crippen molar-refractivity contribution in [3.63, 3.8) is 0 Å². The molecule has 27 heavy (non-hydrogen) atoms. The van der Waals surface area contributed by atoms with E-state index in [1.54, 1.807) is 13.1 Å². The Morgan fingerprint density at radius 2 is 2.04 bits per heavy atom. The van der Waals surface area contributed by atoms with Crippen molar-refractivity contribution in [3.05, 3.63) is 71.6 Å². The van der Waals surface area contributed by atoms with E-state index in [0.717, 1.165) is 17.0 Å². The van der Waals surface area contributed by atoms with Crippen molar-refractivity contribution in [3.8, 4) is 5.75 Å². The zero-order chi connectivity index (χ0) is 18.9. The standard InChI is InChI=1S/C20H22N4O3/c1-15-23-20(27-24-15)7-4-6-19(25)22-13-16-8-10-18(11-9-16)26-14-17-5-2-3-12-21-17/h2-3,5,8-12H,4,6-7,13-14H2,1H3,(H,22,25). The highest BCUT2D eigenvalue weighted by Gasteiger charge is 2.06. The van der Waals surface area contributed by atoms with E-state index in [1.165, 1.54) is 0 Å². The fourth-order valence-electron chi connectivity index (χ4n) is 2.48. The molecule has 0 aliphatic carbocycles. The van der Waals surface area contributed by atoms with Gasteiger partial charge < -0.3 is 14.6 Å². The summed E-state index contributed by atoms with van der Waals surface area (Å²) in [6.45, 7) is 2.68. The van der Waals surface area contributed by atoms with Gasteiger partial charge in [-0.05, 0) is 43.2 Å². The summed E-state index contributed by atoms with van der Waals surface area (Å²) < 4.78 is 10.7. The number of aryl methyl sites for hydroxylation is 2. The van der Waals surface area contributed by atoms with Crippen LogP contribution in [0.3, 0.4) is 0 Å². The summed E-state index contributed by atoms with van der Waals surface area (Å²) in [6.07, 6.45) is 3.45. The van der Waals surface area contributed by atoms with Crippen molar-refractivity contribution in [1.29, 1.82) is 0 Å². The molecule has 1 N–H and O–H groups in total. The normalized spacial score (nSPS) is 10.6. The van der Waals surface area contributed by atoms with E-state index in [4.69, 9.17) is 9.26 Å². The summed E-state index contributed by atoms with van der Waals surface area (Å²) >= 11 is 0. The summed E-state index contributed by atoms with van der Waals surface area (Å²) in [6, 6.07) is 13.4. The molecule has 7 heteroatoms. The third kappa shape index (κ3) is 6.22. The van der Waals surface area contributed by atoms with E-state index in [-0.39, 0.29) is 5.91 Å². The molecule has 3 aromatic rings. The number of amides is 1. The molecule has 3 rings (SSSR count). The summed E-state index contributed by atoms with van der Waals surface area (Å²) in [5.74, 6) is 1.95. The van der Waals surface area contributed by atoms with E-state index in [9.17, 15) is 4.79 Å². The Balaban J connectivity index is 1.36. The summed E-state index contributed by atoms with van der Waals surface area (Å²) in [7, 11) is 0. The quantitative estimate of drug-likeness (QED) is 0.626. The number of carbonyl (C=O) groups excluding carboxylic acids is 1. The molecule has 1 amide bonds. The van der Waals surface area contributed by atoms with E-state index < -0.39 is 0 Å². The predicted molar refractivity (Wildman–Crippen MR) is 98.8 cm³/mol. The van der Waals surface area contributed by atoms with Gasteiger partial charge in [0.1, 0.15) is 12.4 Å². The molecule has 2 heterocycles.